The highest BCUT2D eigenvalue weighted by Crippen LogP contribution is 2.27. The van der Waals surface area contributed by atoms with E-state index in [0.717, 1.165) is 5.56 Å². The van der Waals surface area contributed by atoms with Gasteiger partial charge in [-0.2, -0.15) is 0 Å². The van der Waals surface area contributed by atoms with Crippen LogP contribution in [0.3, 0.4) is 0 Å². The monoisotopic (exact) mass is 251 g/mol. The highest BCUT2D eigenvalue weighted by Gasteiger charge is 2.33. The molecule has 0 radical (unpaired) electrons. The molecule has 0 aromatic heterocycles. The molecular weight excluding hydrogens is 234 g/mol. The third-order valence-corrected chi connectivity index (χ3v) is 3.00. The maximum atomic E-state index is 11.4. The maximum Gasteiger partial charge on any atom is 0.306 e. The minimum Gasteiger partial charge on any atom is -0.469 e. The van der Waals surface area contributed by atoms with Gasteiger partial charge < -0.3 is 4.74 Å². The van der Waals surface area contributed by atoms with Gasteiger partial charge in [-0.3, -0.25) is 14.9 Å². The Morgan fingerprint density at radius 3 is 2.44 bits per heavy atom. The summed E-state index contributed by atoms with van der Waals surface area (Å²) in [6, 6.07) is 8.30. The molecule has 0 N–H and O–H groups in total. The molecule has 0 aliphatic rings. The Kier molecular flexibility index (Phi) is 5.30. The van der Waals surface area contributed by atoms with Crippen molar-refractivity contribution in [3.05, 3.63) is 46.0 Å². The van der Waals surface area contributed by atoms with Crippen LogP contribution in [0.4, 0.5) is 0 Å². The van der Waals surface area contributed by atoms with E-state index in [-0.39, 0.29) is 11.3 Å². The molecule has 0 aliphatic carbocycles. The van der Waals surface area contributed by atoms with E-state index >= 15 is 0 Å². The van der Waals surface area contributed by atoms with E-state index in [4.69, 9.17) is 0 Å². The molecule has 0 aliphatic heterocycles. The van der Waals surface area contributed by atoms with Crippen molar-refractivity contribution in [1.29, 1.82) is 0 Å². The largest absolute Gasteiger partial charge is 0.469 e. The zero-order chi connectivity index (χ0) is 13.5. The lowest BCUT2D eigenvalue weighted by atomic mass is 9.87. The Balaban J connectivity index is 3.01. The molecule has 0 unspecified atom stereocenters. The molecule has 0 amide bonds. The number of nitro groups is 1. The van der Waals surface area contributed by atoms with Crippen LogP contribution < -0.4 is 0 Å². The van der Waals surface area contributed by atoms with Gasteiger partial charge in [0.25, 0.3) is 0 Å². The van der Waals surface area contributed by atoms with Gasteiger partial charge in [0, 0.05) is 11.3 Å². The first-order chi connectivity index (χ1) is 8.60. The molecule has 0 heterocycles. The zero-order valence-corrected chi connectivity index (χ0v) is 10.5. The van der Waals surface area contributed by atoms with E-state index in [2.05, 4.69) is 4.74 Å². The predicted molar refractivity (Wildman–Crippen MR) is 66.9 cm³/mol. The second kappa shape index (κ2) is 6.74. The van der Waals surface area contributed by atoms with Crippen molar-refractivity contribution < 1.29 is 14.5 Å². The lowest BCUT2D eigenvalue weighted by molar-refractivity contribution is -0.527. The molecule has 18 heavy (non-hydrogen) atoms. The van der Waals surface area contributed by atoms with Crippen LogP contribution in [0.15, 0.2) is 30.3 Å². The van der Waals surface area contributed by atoms with Gasteiger partial charge >= 0.3 is 5.97 Å². The Morgan fingerprint density at radius 1 is 1.39 bits per heavy atom. The molecule has 0 bridgehead atoms. The van der Waals surface area contributed by atoms with E-state index in [1.807, 2.05) is 18.2 Å². The average Bonchev–Trinajstić information content (AvgIpc) is 2.38. The van der Waals surface area contributed by atoms with E-state index in [9.17, 15) is 14.9 Å². The zero-order valence-electron chi connectivity index (χ0n) is 10.5. The lowest BCUT2D eigenvalue weighted by Gasteiger charge is -2.19. The van der Waals surface area contributed by atoms with E-state index < -0.39 is 17.9 Å². The lowest BCUT2D eigenvalue weighted by Crippen LogP contribution is -2.29. The molecule has 5 heteroatoms. The highest BCUT2D eigenvalue weighted by atomic mass is 16.6. The van der Waals surface area contributed by atoms with Gasteiger partial charge in [0.15, 0.2) is 0 Å². The number of nitrogens with zero attached hydrogens (tertiary/aromatic N) is 1. The van der Waals surface area contributed by atoms with Gasteiger partial charge in [-0.1, -0.05) is 37.3 Å². The number of benzene rings is 1. The molecule has 2 atom stereocenters. The summed E-state index contributed by atoms with van der Waals surface area (Å²) < 4.78 is 4.62. The minimum absolute atomic E-state index is 0.0278. The molecule has 1 aromatic carbocycles. The standard InChI is InChI=1S/C13H17NO4/c1-3-12(14(16)17)11(9-13(15)18-2)10-7-5-4-6-8-10/h4-8,11-12H,3,9H2,1-2H3/t11-,12-/m0/s1. The van der Waals surface area contributed by atoms with Crippen molar-refractivity contribution in [3.63, 3.8) is 0 Å². The maximum absolute atomic E-state index is 11.4. The molecular formula is C13H17NO4. The van der Waals surface area contributed by atoms with E-state index in [1.165, 1.54) is 7.11 Å². The van der Waals surface area contributed by atoms with Crippen molar-refractivity contribution >= 4 is 5.97 Å². The van der Waals surface area contributed by atoms with Crippen molar-refractivity contribution in [1.82, 2.24) is 0 Å². The van der Waals surface area contributed by atoms with Crippen molar-refractivity contribution in [2.24, 2.45) is 0 Å². The smallest absolute Gasteiger partial charge is 0.306 e. The van der Waals surface area contributed by atoms with Crippen LogP contribution in [0, 0.1) is 10.1 Å². The normalized spacial score (nSPS) is 13.7. The number of hydrogen-bond acceptors (Lipinski definition) is 4. The highest BCUT2D eigenvalue weighted by molar-refractivity contribution is 5.70. The van der Waals surface area contributed by atoms with Crippen LogP contribution in [0.1, 0.15) is 31.2 Å². The molecule has 98 valence electrons. The first-order valence-corrected chi connectivity index (χ1v) is 5.85. The van der Waals surface area contributed by atoms with Crippen LogP contribution in [0.5, 0.6) is 0 Å². The molecule has 0 spiro atoms. The Labute approximate surface area is 106 Å². The molecule has 0 saturated heterocycles. The van der Waals surface area contributed by atoms with Gasteiger partial charge in [-0.25, -0.2) is 0 Å². The topological polar surface area (TPSA) is 69.4 Å². The number of carbonyl (C=O) groups is 1. The van der Waals surface area contributed by atoms with Crippen molar-refractivity contribution in [2.75, 3.05) is 7.11 Å². The molecule has 5 nitrogen and oxygen atoms in total. The minimum atomic E-state index is -0.772. The summed E-state index contributed by atoms with van der Waals surface area (Å²) in [4.78, 5) is 22.1. The first-order valence-electron chi connectivity index (χ1n) is 5.85. The summed E-state index contributed by atoms with van der Waals surface area (Å²) >= 11 is 0. The number of carbonyl (C=O) groups excluding carboxylic acids is 1. The van der Waals surface area contributed by atoms with Crippen LogP contribution in [-0.2, 0) is 9.53 Å². The third kappa shape index (κ3) is 3.55. The third-order valence-electron chi connectivity index (χ3n) is 3.00. The predicted octanol–water partition coefficient (Wildman–Crippen LogP) is 2.39. The average molecular weight is 251 g/mol. The number of ether oxygens (including phenoxy) is 1. The van der Waals surface area contributed by atoms with Gasteiger partial charge in [-0.15, -0.1) is 0 Å². The molecule has 0 fully saturated rings. The summed E-state index contributed by atoms with van der Waals surface area (Å²) in [5, 5.41) is 11.1. The first kappa shape index (κ1) is 14.2. The van der Waals surface area contributed by atoms with E-state index in [0.29, 0.717) is 6.42 Å². The van der Waals surface area contributed by atoms with Gasteiger partial charge in [-0.05, 0) is 5.56 Å². The molecule has 0 saturated carbocycles. The van der Waals surface area contributed by atoms with Gasteiger partial charge in [0.2, 0.25) is 6.04 Å². The Hall–Kier alpha value is -1.91. The summed E-state index contributed by atoms with van der Waals surface area (Å²) in [6.07, 6.45) is 0.406. The summed E-state index contributed by atoms with van der Waals surface area (Å²) in [5.74, 6) is -0.872. The van der Waals surface area contributed by atoms with E-state index in [1.54, 1.807) is 19.1 Å². The van der Waals surface area contributed by atoms with Crippen LogP contribution in [-0.4, -0.2) is 24.0 Å². The number of methoxy groups -OCH3 is 1. The fourth-order valence-corrected chi connectivity index (χ4v) is 2.02. The van der Waals surface area contributed by atoms with Crippen LogP contribution >= 0.6 is 0 Å². The summed E-state index contributed by atoms with van der Waals surface area (Å²) in [7, 11) is 1.29. The molecule has 1 rings (SSSR count). The summed E-state index contributed by atoms with van der Waals surface area (Å²) in [6.45, 7) is 1.75. The molecule has 1 aromatic rings. The fraction of sp³-hybridized carbons (Fsp3) is 0.462. The van der Waals surface area contributed by atoms with Crippen LogP contribution in [0.2, 0.25) is 0 Å². The second-order valence-electron chi connectivity index (χ2n) is 4.06. The van der Waals surface area contributed by atoms with Gasteiger partial charge in [0.05, 0.1) is 19.4 Å². The fourth-order valence-electron chi connectivity index (χ4n) is 2.02. The number of esters is 1. The Morgan fingerprint density at radius 2 is 2.00 bits per heavy atom. The Bertz CT molecular complexity index is 405. The quantitative estimate of drug-likeness (QED) is 0.442. The number of rotatable bonds is 6. The number of hydrogen-bond donors (Lipinski definition) is 0. The van der Waals surface area contributed by atoms with Crippen molar-refractivity contribution in [3.8, 4) is 0 Å². The summed E-state index contributed by atoms with van der Waals surface area (Å²) in [5.41, 5.74) is 0.798. The van der Waals surface area contributed by atoms with Crippen LogP contribution in [0.25, 0.3) is 0 Å². The SMILES string of the molecule is CC[C@@H]([C@@H](CC(=O)OC)c1ccccc1)[N+](=O)[O-]. The van der Waals surface area contributed by atoms with Gasteiger partial charge in [0.1, 0.15) is 0 Å². The van der Waals surface area contributed by atoms with Crippen molar-refractivity contribution in [2.45, 2.75) is 31.7 Å². The second-order valence-corrected chi connectivity index (χ2v) is 4.06.